The van der Waals surface area contributed by atoms with Gasteiger partial charge in [-0.05, 0) is 6.92 Å². The van der Waals surface area contributed by atoms with E-state index in [9.17, 15) is 9.59 Å². The number of nitrogens with one attached hydrogen (secondary N) is 1. The quantitative estimate of drug-likeness (QED) is 0.559. The van der Waals surface area contributed by atoms with Crippen molar-refractivity contribution < 1.29 is 9.59 Å². The molecule has 0 aromatic heterocycles. The van der Waals surface area contributed by atoms with E-state index in [1.165, 1.54) is 18.7 Å². The van der Waals surface area contributed by atoms with E-state index in [-0.39, 0.29) is 16.9 Å². The normalized spacial score (nSPS) is 12.8. The minimum atomic E-state index is -0.0560. The number of amides is 1. The molecule has 4 heteroatoms. The molecule has 0 fully saturated rings. The molecule has 3 nitrogen and oxygen atoms in total. The molecule has 0 aromatic carbocycles. The van der Waals surface area contributed by atoms with Crippen LogP contribution in [0.5, 0.6) is 0 Å². The molecular weight excluding hydrogens is 198 g/mol. The van der Waals surface area contributed by atoms with Gasteiger partial charge in [0.25, 0.3) is 0 Å². The van der Waals surface area contributed by atoms with Gasteiger partial charge in [0.15, 0.2) is 5.12 Å². The SMILES string of the molecule is CC=CC(C)C(=O)SCCNC(C)=O. The Kier molecular flexibility index (Phi) is 7.20. The number of thioether (sulfide) groups is 1. The number of carbonyl (C=O) groups excluding carboxylic acids is 2. The van der Waals surface area contributed by atoms with E-state index >= 15 is 0 Å². The standard InChI is InChI=1S/C10H17NO2S/c1-4-5-8(2)10(13)14-7-6-11-9(3)12/h4-5,8H,6-7H2,1-3H3,(H,11,12). The van der Waals surface area contributed by atoms with Gasteiger partial charge in [0.2, 0.25) is 5.91 Å². The van der Waals surface area contributed by atoms with Gasteiger partial charge in [-0.15, -0.1) is 0 Å². The lowest BCUT2D eigenvalue weighted by Crippen LogP contribution is -2.23. The first-order valence-electron chi connectivity index (χ1n) is 4.61. The highest BCUT2D eigenvalue weighted by molar-refractivity contribution is 8.13. The van der Waals surface area contributed by atoms with Gasteiger partial charge in [0, 0.05) is 25.1 Å². The molecule has 0 radical (unpaired) electrons. The van der Waals surface area contributed by atoms with Crippen molar-refractivity contribution in [2.75, 3.05) is 12.3 Å². The maximum Gasteiger partial charge on any atom is 0.216 e. The number of hydrogen-bond acceptors (Lipinski definition) is 3. The summed E-state index contributed by atoms with van der Waals surface area (Å²) in [6.45, 7) is 5.78. The summed E-state index contributed by atoms with van der Waals surface area (Å²) in [5.41, 5.74) is 0. The molecule has 0 heterocycles. The molecule has 0 aliphatic heterocycles. The molecule has 14 heavy (non-hydrogen) atoms. The summed E-state index contributed by atoms with van der Waals surface area (Å²) < 4.78 is 0. The van der Waals surface area contributed by atoms with Gasteiger partial charge in [-0.1, -0.05) is 30.8 Å². The largest absolute Gasteiger partial charge is 0.356 e. The van der Waals surface area contributed by atoms with Crippen LogP contribution in [0.15, 0.2) is 12.2 Å². The lowest BCUT2D eigenvalue weighted by Gasteiger charge is -2.04. The Balaban J connectivity index is 3.58. The van der Waals surface area contributed by atoms with Gasteiger partial charge in [-0.2, -0.15) is 0 Å². The van der Waals surface area contributed by atoms with Crippen LogP contribution in [0, 0.1) is 5.92 Å². The lowest BCUT2D eigenvalue weighted by molar-refractivity contribution is -0.119. The Morgan fingerprint density at radius 3 is 2.64 bits per heavy atom. The summed E-state index contributed by atoms with van der Waals surface area (Å²) in [4.78, 5) is 21.9. The molecular formula is C10H17NO2S. The smallest absolute Gasteiger partial charge is 0.216 e. The molecule has 0 aromatic rings. The van der Waals surface area contributed by atoms with Crippen LogP contribution in [0.4, 0.5) is 0 Å². The zero-order valence-corrected chi connectivity index (χ0v) is 9.69. The second-order valence-corrected chi connectivity index (χ2v) is 4.06. The molecule has 0 saturated carbocycles. The highest BCUT2D eigenvalue weighted by Gasteiger charge is 2.09. The maximum atomic E-state index is 11.4. The Morgan fingerprint density at radius 2 is 2.14 bits per heavy atom. The Bertz CT molecular complexity index is 226. The zero-order valence-electron chi connectivity index (χ0n) is 8.87. The van der Waals surface area contributed by atoms with Crippen LogP contribution in [0.1, 0.15) is 20.8 Å². The molecule has 0 aliphatic carbocycles. The molecule has 0 rings (SSSR count). The van der Waals surface area contributed by atoms with Gasteiger partial charge in [0.1, 0.15) is 0 Å². The van der Waals surface area contributed by atoms with Crippen molar-refractivity contribution in [1.29, 1.82) is 0 Å². The van der Waals surface area contributed by atoms with Gasteiger partial charge < -0.3 is 5.32 Å². The highest BCUT2D eigenvalue weighted by Crippen LogP contribution is 2.11. The predicted molar refractivity (Wildman–Crippen MR) is 60.1 cm³/mol. The van der Waals surface area contributed by atoms with E-state index in [0.29, 0.717) is 12.3 Å². The molecule has 0 bridgehead atoms. The fraction of sp³-hybridized carbons (Fsp3) is 0.600. The van der Waals surface area contributed by atoms with Gasteiger partial charge in [-0.25, -0.2) is 0 Å². The van der Waals surface area contributed by atoms with Crippen molar-refractivity contribution in [2.45, 2.75) is 20.8 Å². The summed E-state index contributed by atoms with van der Waals surface area (Å²) in [6, 6.07) is 0. The highest BCUT2D eigenvalue weighted by atomic mass is 32.2. The van der Waals surface area contributed by atoms with Crippen LogP contribution in [-0.4, -0.2) is 23.3 Å². The van der Waals surface area contributed by atoms with Gasteiger partial charge in [0.05, 0.1) is 0 Å². The molecule has 0 spiro atoms. The number of rotatable bonds is 5. The Morgan fingerprint density at radius 1 is 1.50 bits per heavy atom. The van der Waals surface area contributed by atoms with E-state index in [1.54, 1.807) is 0 Å². The third-order valence-corrected chi connectivity index (χ3v) is 2.64. The van der Waals surface area contributed by atoms with E-state index in [2.05, 4.69) is 5.32 Å². The maximum absolute atomic E-state index is 11.4. The molecule has 80 valence electrons. The van der Waals surface area contributed by atoms with Crippen LogP contribution < -0.4 is 5.32 Å². The molecule has 0 saturated heterocycles. The topological polar surface area (TPSA) is 46.2 Å². The van der Waals surface area contributed by atoms with Crippen LogP contribution in [0.25, 0.3) is 0 Å². The first kappa shape index (κ1) is 13.2. The molecule has 1 N–H and O–H groups in total. The minimum absolute atomic E-state index is 0.0395. The summed E-state index contributed by atoms with van der Waals surface area (Å²) >= 11 is 1.26. The first-order valence-corrected chi connectivity index (χ1v) is 5.60. The minimum Gasteiger partial charge on any atom is -0.356 e. The van der Waals surface area contributed by atoms with E-state index in [4.69, 9.17) is 0 Å². The Hall–Kier alpha value is -0.770. The van der Waals surface area contributed by atoms with Crippen molar-refractivity contribution in [3.8, 4) is 0 Å². The fourth-order valence-corrected chi connectivity index (χ4v) is 1.62. The summed E-state index contributed by atoms with van der Waals surface area (Å²) in [7, 11) is 0. The summed E-state index contributed by atoms with van der Waals surface area (Å²) in [5, 5.41) is 2.79. The van der Waals surface area contributed by atoms with Crippen LogP contribution >= 0.6 is 11.8 Å². The van der Waals surface area contributed by atoms with Crippen LogP contribution in [-0.2, 0) is 9.59 Å². The summed E-state index contributed by atoms with van der Waals surface area (Å²) in [6.07, 6.45) is 3.74. The zero-order chi connectivity index (χ0) is 11.0. The average Bonchev–Trinajstić information content (AvgIpc) is 2.12. The number of allylic oxidation sites excluding steroid dienone is 2. The monoisotopic (exact) mass is 215 g/mol. The predicted octanol–water partition coefficient (Wildman–Crippen LogP) is 1.59. The third-order valence-electron chi connectivity index (χ3n) is 1.57. The molecule has 0 aliphatic rings. The number of carbonyl (C=O) groups is 2. The van der Waals surface area contributed by atoms with Crippen molar-refractivity contribution in [3.63, 3.8) is 0 Å². The van der Waals surface area contributed by atoms with Crippen molar-refractivity contribution >= 4 is 22.8 Å². The van der Waals surface area contributed by atoms with Crippen molar-refractivity contribution in [1.82, 2.24) is 5.32 Å². The van der Waals surface area contributed by atoms with Gasteiger partial charge in [-0.3, -0.25) is 9.59 Å². The van der Waals surface area contributed by atoms with E-state index < -0.39 is 0 Å². The van der Waals surface area contributed by atoms with Crippen LogP contribution in [0.3, 0.4) is 0 Å². The fourth-order valence-electron chi connectivity index (χ4n) is 0.877. The second kappa shape index (κ2) is 7.62. The Labute approximate surface area is 89.3 Å². The van der Waals surface area contributed by atoms with Crippen LogP contribution in [0.2, 0.25) is 0 Å². The third kappa shape index (κ3) is 6.71. The molecule has 1 amide bonds. The summed E-state index contributed by atoms with van der Waals surface area (Å²) in [5.74, 6) is 0.544. The molecule has 1 unspecified atom stereocenters. The van der Waals surface area contributed by atoms with E-state index in [1.807, 2.05) is 26.0 Å². The van der Waals surface area contributed by atoms with E-state index in [0.717, 1.165) is 0 Å². The number of hydrogen-bond donors (Lipinski definition) is 1. The molecule has 1 atom stereocenters. The van der Waals surface area contributed by atoms with Crippen molar-refractivity contribution in [2.24, 2.45) is 5.92 Å². The lowest BCUT2D eigenvalue weighted by atomic mass is 10.2. The van der Waals surface area contributed by atoms with Crippen molar-refractivity contribution in [3.05, 3.63) is 12.2 Å². The first-order chi connectivity index (χ1) is 6.57. The second-order valence-electron chi connectivity index (χ2n) is 2.96. The average molecular weight is 215 g/mol. The van der Waals surface area contributed by atoms with Gasteiger partial charge >= 0.3 is 0 Å².